The molecule has 3 aliphatic heterocycles. The van der Waals surface area contributed by atoms with Crippen molar-refractivity contribution in [2.24, 2.45) is 5.92 Å². The van der Waals surface area contributed by atoms with Crippen molar-refractivity contribution < 1.29 is 18.7 Å². The molecular formula is C17H23NO4S. The lowest BCUT2D eigenvalue weighted by Crippen LogP contribution is -2.60. The molecule has 0 aromatic carbocycles. The topological polar surface area (TPSA) is 51.9 Å². The molecule has 0 aliphatic carbocycles. The summed E-state index contributed by atoms with van der Waals surface area (Å²) < 4.78 is 16.9. The van der Waals surface area contributed by atoms with Crippen molar-refractivity contribution >= 4 is 17.7 Å². The minimum Gasteiger partial charge on any atom is -0.459 e. The second kappa shape index (κ2) is 6.49. The lowest BCUT2D eigenvalue weighted by Gasteiger charge is -2.47. The molecule has 1 aromatic heterocycles. The van der Waals surface area contributed by atoms with Gasteiger partial charge in [0.05, 0.1) is 17.1 Å². The van der Waals surface area contributed by atoms with Crippen LogP contribution in [0.4, 0.5) is 0 Å². The molecule has 0 saturated carbocycles. The Kier molecular flexibility index (Phi) is 4.39. The van der Waals surface area contributed by atoms with Gasteiger partial charge in [0.25, 0.3) is 5.91 Å². The third-order valence-corrected chi connectivity index (χ3v) is 6.64. The lowest BCUT2D eigenvalue weighted by atomic mass is 9.92. The number of nitrogens with zero attached hydrogens (tertiary/aromatic N) is 1. The van der Waals surface area contributed by atoms with E-state index in [1.165, 1.54) is 0 Å². The molecule has 23 heavy (non-hydrogen) atoms. The SMILES string of the molecule is O=C(c1ccco1)N1CC2(C[C@@H](OCC3CCOCC3)CS2)C1. The maximum atomic E-state index is 12.2. The van der Waals surface area contributed by atoms with Gasteiger partial charge in [-0.1, -0.05) is 0 Å². The molecule has 0 N–H and O–H groups in total. The summed E-state index contributed by atoms with van der Waals surface area (Å²) in [5.41, 5.74) is 0. The molecule has 1 amide bonds. The summed E-state index contributed by atoms with van der Waals surface area (Å²) in [6.07, 6.45) is 5.19. The van der Waals surface area contributed by atoms with Crippen LogP contribution in [0.15, 0.2) is 22.8 Å². The van der Waals surface area contributed by atoms with Gasteiger partial charge in [-0.3, -0.25) is 4.79 Å². The van der Waals surface area contributed by atoms with Crippen molar-refractivity contribution in [2.45, 2.75) is 30.1 Å². The maximum Gasteiger partial charge on any atom is 0.289 e. The second-order valence-electron chi connectivity index (χ2n) is 6.85. The van der Waals surface area contributed by atoms with Crippen LogP contribution in [0.5, 0.6) is 0 Å². The minimum absolute atomic E-state index is 0.00722. The molecule has 3 fully saturated rings. The van der Waals surface area contributed by atoms with Gasteiger partial charge in [-0.15, -0.1) is 11.8 Å². The smallest absolute Gasteiger partial charge is 0.289 e. The monoisotopic (exact) mass is 337 g/mol. The van der Waals surface area contributed by atoms with Gasteiger partial charge in [-0.2, -0.15) is 0 Å². The second-order valence-corrected chi connectivity index (χ2v) is 8.34. The third kappa shape index (κ3) is 3.30. The van der Waals surface area contributed by atoms with Gasteiger partial charge in [0.1, 0.15) is 0 Å². The van der Waals surface area contributed by atoms with Gasteiger partial charge in [0, 0.05) is 38.7 Å². The quantitative estimate of drug-likeness (QED) is 0.844. The number of furan rings is 1. The summed E-state index contributed by atoms with van der Waals surface area (Å²) in [7, 11) is 0. The molecule has 6 heteroatoms. The highest BCUT2D eigenvalue weighted by Gasteiger charge is 2.51. The third-order valence-electron chi connectivity index (χ3n) is 5.06. The number of ether oxygens (including phenoxy) is 2. The first-order valence-corrected chi connectivity index (χ1v) is 9.39. The van der Waals surface area contributed by atoms with E-state index in [1.54, 1.807) is 18.4 Å². The van der Waals surface area contributed by atoms with Gasteiger partial charge >= 0.3 is 0 Å². The molecule has 4 rings (SSSR count). The fourth-order valence-electron chi connectivity index (χ4n) is 3.66. The van der Waals surface area contributed by atoms with E-state index in [2.05, 4.69) is 0 Å². The van der Waals surface area contributed by atoms with E-state index in [0.29, 0.717) is 17.8 Å². The van der Waals surface area contributed by atoms with Gasteiger partial charge in [-0.25, -0.2) is 0 Å². The molecule has 3 saturated heterocycles. The number of hydrogen-bond acceptors (Lipinski definition) is 5. The largest absolute Gasteiger partial charge is 0.459 e. The number of amides is 1. The van der Waals surface area contributed by atoms with E-state index in [0.717, 1.165) is 57.9 Å². The number of thioether (sulfide) groups is 1. The fourth-order valence-corrected chi connectivity index (χ4v) is 5.22. The molecule has 4 heterocycles. The zero-order valence-electron chi connectivity index (χ0n) is 13.2. The van der Waals surface area contributed by atoms with Crippen molar-refractivity contribution in [3.05, 3.63) is 24.2 Å². The molecular weight excluding hydrogens is 314 g/mol. The molecule has 1 atom stereocenters. The molecule has 1 spiro atoms. The normalized spacial score (nSPS) is 27.3. The van der Waals surface area contributed by atoms with Gasteiger partial charge < -0.3 is 18.8 Å². The molecule has 0 bridgehead atoms. The fraction of sp³-hybridized carbons (Fsp3) is 0.706. The summed E-state index contributed by atoms with van der Waals surface area (Å²) in [6.45, 7) is 4.24. The predicted molar refractivity (Wildman–Crippen MR) is 87.7 cm³/mol. The first-order chi connectivity index (χ1) is 11.2. The molecule has 5 nitrogen and oxygen atoms in total. The van der Waals surface area contributed by atoms with E-state index in [-0.39, 0.29) is 10.7 Å². The van der Waals surface area contributed by atoms with E-state index < -0.39 is 0 Å². The van der Waals surface area contributed by atoms with Crippen LogP contribution in [0.1, 0.15) is 29.8 Å². The van der Waals surface area contributed by atoms with Crippen LogP contribution in [0.2, 0.25) is 0 Å². The average molecular weight is 337 g/mol. The number of likely N-dealkylation sites (tertiary alicyclic amines) is 1. The predicted octanol–water partition coefficient (Wildman–Crippen LogP) is 2.42. The van der Waals surface area contributed by atoms with Crippen LogP contribution in [-0.4, -0.2) is 60.3 Å². The number of carbonyl (C=O) groups excluding carboxylic acids is 1. The van der Waals surface area contributed by atoms with Gasteiger partial charge in [0.15, 0.2) is 5.76 Å². The minimum atomic E-state index is 0.00722. The van der Waals surface area contributed by atoms with Crippen LogP contribution in [0.3, 0.4) is 0 Å². The summed E-state index contributed by atoms with van der Waals surface area (Å²) in [5, 5.41) is 0. The Balaban J connectivity index is 1.23. The average Bonchev–Trinajstić information content (AvgIpc) is 3.22. The molecule has 126 valence electrons. The Morgan fingerprint density at radius 3 is 2.96 bits per heavy atom. The number of rotatable bonds is 4. The maximum absolute atomic E-state index is 12.2. The van der Waals surface area contributed by atoms with Crippen LogP contribution in [-0.2, 0) is 9.47 Å². The van der Waals surface area contributed by atoms with Crippen molar-refractivity contribution in [1.29, 1.82) is 0 Å². The summed E-state index contributed by atoms with van der Waals surface area (Å²) in [5.74, 6) is 2.15. The zero-order valence-corrected chi connectivity index (χ0v) is 14.1. The number of hydrogen-bond donors (Lipinski definition) is 0. The Hall–Kier alpha value is -0.980. The van der Waals surface area contributed by atoms with Gasteiger partial charge in [-0.05, 0) is 37.3 Å². The highest BCUT2D eigenvalue weighted by atomic mass is 32.2. The van der Waals surface area contributed by atoms with E-state index in [9.17, 15) is 4.79 Å². The van der Waals surface area contributed by atoms with Crippen molar-refractivity contribution in [2.75, 3.05) is 38.7 Å². The van der Waals surface area contributed by atoms with Crippen LogP contribution in [0.25, 0.3) is 0 Å². The van der Waals surface area contributed by atoms with E-state index >= 15 is 0 Å². The standard InChI is InChI=1S/C17H23NO4S/c19-16(15-2-1-5-21-15)18-11-17(12-18)8-14(10-23-17)22-9-13-3-6-20-7-4-13/h1-2,5,13-14H,3-4,6-12H2/t14-/m1/s1. The Labute approximate surface area is 140 Å². The van der Waals surface area contributed by atoms with Crippen molar-refractivity contribution in [3.63, 3.8) is 0 Å². The van der Waals surface area contributed by atoms with Crippen molar-refractivity contribution in [3.8, 4) is 0 Å². The highest BCUT2D eigenvalue weighted by molar-refractivity contribution is 8.01. The molecule has 1 aromatic rings. The van der Waals surface area contributed by atoms with Gasteiger partial charge in [0.2, 0.25) is 0 Å². The van der Waals surface area contributed by atoms with E-state index in [1.807, 2.05) is 16.7 Å². The Bertz CT molecular complexity index is 535. The zero-order chi connectivity index (χ0) is 15.7. The highest BCUT2D eigenvalue weighted by Crippen LogP contribution is 2.46. The number of carbonyl (C=O) groups is 1. The summed E-state index contributed by atoms with van der Waals surface area (Å²) in [4.78, 5) is 14.1. The van der Waals surface area contributed by atoms with Crippen molar-refractivity contribution in [1.82, 2.24) is 4.90 Å². The summed E-state index contributed by atoms with van der Waals surface area (Å²) >= 11 is 1.97. The Morgan fingerprint density at radius 1 is 1.39 bits per heavy atom. The van der Waals surface area contributed by atoms with Crippen LogP contribution < -0.4 is 0 Å². The summed E-state index contributed by atoms with van der Waals surface area (Å²) in [6, 6.07) is 3.49. The first-order valence-electron chi connectivity index (χ1n) is 8.40. The van der Waals surface area contributed by atoms with Crippen LogP contribution >= 0.6 is 11.8 Å². The molecule has 0 radical (unpaired) electrons. The Morgan fingerprint density at radius 2 is 2.22 bits per heavy atom. The molecule has 3 aliphatic rings. The first kappa shape index (κ1) is 15.5. The van der Waals surface area contributed by atoms with Crippen LogP contribution in [0, 0.1) is 5.92 Å². The van der Waals surface area contributed by atoms with E-state index in [4.69, 9.17) is 13.9 Å². The lowest BCUT2D eigenvalue weighted by molar-refractivity contribution is -0.0120. The molecule has 0 unspecified atom stereocenters.